The van der Waals surface area contributed by atoms with E-state index in [0.29, 0.717) is 22.8 Å². The molecule has 0 unspecified atom stereocenters. The summed E-state index contributed by atoms with van der Waals surface area (Å²) in [6.07, 6.45) is 1.67. The molecular formula is C12H7N5O. The standard InChI is InChI=1S/C12H7N5O/c13-17-16-9-5-3-8(4-6-9)12-15-11-10(18-12)2-1-7-14-11/h1-7H. The average Bonchev–Trinajstić information content (AvgIpc) is 2.84. The second kappa shape index (κ2) is 4.20. The number of hydrogen-bond acceptors (Lipinski definition) is 4. The Balaban J connectivity index is 2.05. The van der Waals surface area contributed by atoms with Gasteiger partial charge in [-0.25, -0.2) is 4.98 Å². The Hall–Kier alpha value is -2.85. The van der Waals surface area contributed by atoms with Crippen LogP contribution in [0.15, 0.2) is 52.1 Å². The minimum Gasteiger partial charge on any atom is -0.434 e. The minimum atomic E-state index is 0.496. The fraction of sp³-hybridized carbons (Fsp3) is 0. The zero-order chi connectivity index (χ0) is 12.4. The predicted octanol–water partition coefficient (Wildman–Crippen LogP) is 3.83. The first-order valence-corrected chi connectivity index (χ1v) is 5.24. The zero-order valence-corrected chi connectivity index (χ0v) is 9.19. The lowest BCUT2D eigenvalue weighted by Gasteiger charge is -1.95. The Morgan fingerprint density at radius 3 is 2.72 bits per heavy atom. The monoisotopic (exact) mass is 237 g/mol. The molecule has 0 radical (unpaired) electrons. The van der Waals surface area contributed by atoms with E-state index in [1.54, 1.807) is 36.5 Å². The molecule has 0 N–H and O–H groups in total. The molecule has 0 saturated carbocycles. The first-order valence-electron chi connectivity index (χ1n) is 5.24. The van der Waals surface area contributed by atoms with E-state index in [0.717, 1.165) is 5.56 Å². The Bertz CT molecular complexity index is 708. The van der Waals surface area contributed by atoms with E-state index in [9.17, 15) is 0 Å². The Labute approximate surface area is 102 Å². The summed E-state index contributed by atoms with van der Waals surface area (Å²) >= 11 is 0. The number of benzene rings is 1. The maximum Gasteiger partial charge on any atom is 0.228 e. The molecule has 18 heavy (non-hydrogen) atoms. The van der Waals surface area contributed by atoms with E-state index >= 15 is 0 Å². The van der Waals surface area contributed by atoms with Crippen molar-refractivity contribution in [2.45, 2.75) is 0 Å². The number of hydrogen-bond donors (Lipinski definition) is 0. The topological polar surface area (TPSA) is 87.7 Å². The molecule has 3 rings (SSSR count). The molecule has 0 fully saturated rings. The summed E-state index contributed by atoms with van der Waals surface area (Å²) in [7, 11) is 0. The fourth-order valence-corrected chi connectivity index (χ4v) is 1.61. The number of aromatic nitrogens is 2. The van der Waals surface area contributed by atoms with Crippen LogP contribution in [0, 0.1) is 0 Å². The largest absolute Gasteiger partial charge is 0.434 e. The molecule has 86 valence electrons. The number of fused-ring (bicyclic) bond motifs is 1. The maximum absolute atomic E-state index is 8.32. The second-order valence-corrected chi connectivity index (χ2v) is 3.58. The van der Waals surface area contributed by atoms with Crippen LogP contribution in [-0.2, 0) is 0 Å². The molecule has 0 aliphatic carbocycles. The average molecular weight is 237 g/mol. The van der Waals surface area contributed by atoms with Gasteiger partial charge in [-0.05, 0) is 29.8 Å². The second-order valence-electron chi connectivity index (χ2n) is 3.58. The highest BCUT2D eigenvalue weighted by Gasteiger charge is 2.07. The van der Waals surface area contributed by atoms with Crippen LogP contribution in [0.25, 0.3) is 33.1 Å². The Morgan fingerprint density at radius 2 is 2.00 bits per heavy atom. The lowest BCUT2D eigenvalue weighted by molar-refractivity contribution is 0.619. The molecule has 0 atom stereocenters. The summed E-state index contributed by atoms with van der Waals surface area (Å²) < 4.78 is 5.58. The number of azide groups is 1. The number of oxazole rings is 1. The van der Waals surface area contributed by atoms with Gasteiger partial charge in [0, 0.05) is 22.4 Å². The van der Waals surface area contributed by atoms with Crippen molar-refractivity contribution < 1.29 is 4.42 Å². The molecule has 0 spiro atoms. The molecule has 1 aromatic carbocycles. The first kappa shape index (κ1) is 10.3. The van der Waals surface area contributed by atoms with Gasteiger partial charge >= 0.3 is 0 Å². The molecular weight excluding hydrogens is 230 g/mol. The molecule has 2 heterocycles. The van der Waals surface area contributed by atoms with Gasteiger partial charge in [0.1, 0.15) is 0 Å². The molecule has 0 bridgehead atoms. The molecule has 0 aliphatic heterocycles. The highest BCUT2D eigenvalue weighted by atomic mass is 16.3. The van der Waals surface area contributed by atoms with Gasteiger partial charge in [0.2, 0.25) is 5.89 Å². The quantitative estimate of drug-likeness (QED) is 0.385. The van der Waals surface area contributed by atoms with Crippen LogP contribution < -0.4 is 0 Å². The first-order chi connectivity index (χ1) is 8.86. The summed E-state index contributed by atoms with van der Waals surface area (Å²) in [5.41, 5.74) is 10.9. The van der Waals surface area contributed by atoms with Gasteiger partial charge in [0.15, 0.2) is 11.2 Å². The number of nitrogens with zero attached hydrogens (tertiary/aromatic N) is 5. The van der Waals surface area contributed by atoms with Crippen LogP contribution >= 0.6 is 0 Å². The molecule has 3 aromatic rings. The van der Waals surface area contributed by atoms with Crippen LogP contribution in [-0.4, -0.2) is 9.97 Å². The highest BCUT2D eigenvalue weighted by Crippen LogP contribution is 2.24. The van der Waals surface area contributed by atoms with Gasteiger partial charge < -0.3 is 4.42 Å². The molecule has 0 amide bonds. The lowest BCUT2D eigenvalue weighted by atomic mass is 10.2. The SMILES string of the molecule is [N-]=[N+]=Nc1ccc(-c2nc3ncccc3o2)cc1. The summed E-state index contributed by atoms with van der Waals surface area (Å²) in [4.78, 5) is 11.1. The Kier molecular flexibility index (Phi) is 2.40. The smallest absolute Gasteiger partial charge is 0.228 e. The zero-order valence-electron chi connectivity index (χ0n) is 9.19. The summed E-state index contributed by atoms with van der Waals surface area (Å²) in [6.45, 7) is 0. The fourth-order valence-electron chi connectivity index (χ4n) is 1.61. The summed E-state index contributed by atoms with van der Waals surface area (Å²) in [5, 5.41) is 3.50. The maximum atomic E-state index is 8.32. The van der Waals surface area contributed by atoms with Gasteiger partial charge in [-0.3, -0.25) is 0 Å². The van der Waals surface area contributed by atoms with Crippen LogP contribution in [0.2, 0.25) is 0 Å². The van der Waals surface area contributed by atoms with E-state index in [2.05, 4.69) is 20.0 Å². The lowest BCUT2D eigenvalue weighted by Crippen LogP contribution is -1.76. The van der Waals surface area contributed by atoms with Crippen molar-refractivity contribution in [3.05, 3.63) is 53.0 Å². The van der Waals surface area contributed by atoms with Crippen LogP contribution in [0.1, 0.15) is 0 Å². The van der Waals surface area contributed by atoms with Gasteiger partial charge in [-0.1, -0.05) is 17.2 Å². The van der Waals surface area contributed by atoms with Crippen molar-refractivity contribution in [1.82, 2.24) is 9.97 Å². The number of pyridine rings is 1. The van der Waals surface area contributed by atoms with E-state index in [1.807, 2.05) is 6.07 Å². The molecule has 2 aromatic heterocycles. The van der Waals surface area contributed by atoms with Gasteiger partial charge in [0.25, 0.3) is 0 Å². The highest BCUT2D eigenvalue weighted by molar-refractivity contribution is 5.72. The molecule has 6 heteroatoms. The third-order valence-corrected chi connectivity index (χ3v) is 2.44. The van der Waals surface area contributed by atoms with E-state index < -0.39 is 0 Å². The molecule has 0 saturated heterocycles. The number of rotatable bonds is 2. The van der Waals surface area contributed by atoms with Crippen molar-refractivity contribution in [1.29, 1.82) is 0 Å². The van der Waals surface area contributed by atoms with E-state index in [-0.39, 0.29) is 0 Å². The van der Waals surface area contributed by atoms with Gasteiger partial charge in [-0.2, -0.15) is 4.98 Å². The van der Waals surface area contributed by atoms with Crippen molar-refractivity contribution in [3.8, 4) is 11.5 Å². The van der Waals surface area contributed by atoms with Crippen molar-refractivity contribution in [2.24, 2.45) is 5.11 Å². The van der Waals surface area contributed by atoms with E-state index in [4.69, 9.17) is 9.95 Å². The summed E-state index contributed by atoms with van der Waals surface area (Å²) in [5.74, 6) is 0.496. The summed E-state index contributed by atoms with van der Waals surface area (Å²) in [6, 6.07) is 10.6. The predicted molar refractivity (Wildman–Crippen MR) is 66.0 cm³/mol. The van der Waals surface area contributed by atoms with Gasteiger partial charge in [0.05, 0.1) is 0 Å². The normalized spacial score (nSPS) is 10.2. The minimum absolute atomic E-state index is 0.496. The van der Waals surface area contributed by atoms with Crippen LogP contribution in [0.5, 0.6) is 0 Å². The van der Waals surface area contributed by atoms with Crippen LogP contribution in [0.3, 0.4) is 0 Å². The molecule has 0 aliphatic rings. The van der Waals surface area contributed by atoms with Crippen molar-refractivity contribution >= 4 is 16.9 Å². The Morgan fingerprint density at radius 1 is 1.17 bits per heavy atom. The van der Waals surface area contributed by atoms with E-state index in [1.165, 1.54) is 0 Å². The van der Waals surface area contributed by atoms with Gasteiger partial charge in [-0.15, -0.1) is 0 Å². The van der Waals surface area contributed by atoms with Crippen molar-refractivity contribution in [3.63, 3.8) is 0 Å². The third-order valence-electron chi connectivity index (χ3n) is 2.44. The third kappa shape index (κ3) is 1.77. The molecule has 6 nitrogen and oxygen atoms in total. The van der Waals surface area contributed by atoms with Crippen LogP contribution in [0.4, 0.5) is 5.69 Å². The van der Waals surface area contributed by atoms with Crippen molar-refractivity contribution in [2.75, 3.05) is 0 Å².